The average Bonchev–Trinajstić information content (AvgIpc) is 3.46. The first kappa shape index (κ1) is 15.8. The third-order valence-electron chi connectivity index (χ3n) is 4.74. The van der Waals surface area contributed by atoms with Crippen LogP contribution in [0.2, 0.25) is 0 Å². The Morgan fingerprint density at radius 3 is 2.80 bits per heavy atom. The van der Waals surface area contributed by atoms with Crippen LogP contribution in [-0.2, 0) is 11.3 Å². The van der Waals surface area contributed by atoms with Gasteiger partial charge < -0.3 is 19.5 Å². The lowest BCUT2D eigenvalue weighted by Gasteiger charge is -2.19. The zero-order valence-electron chi connectivity index (χ0n) is 14.2. The van der Waals surface area contributed by atoms with E-state index in [4.69, 9.17) is 14.2 Å². The summed E-state index contributed by atoms with van der Waals surface area (Å²) in [6.07, 6.45) is 0.868. The molecule has 1 fully saturated rings. The third-order valence-corrected chi connectivity index (χ3v) is 4.74. The summed E-state index contributed by atoms with van der Waals surface area (Å²) >= 11 is 0. The first-order valence-electron chi connectivity index (χ1n) is 8.55. The van der Waals surface area contributed by atoms with Gasteiger partial charge in [0, 0.05) is 12.5 Å². The fraction of sp³-hybridized carbons (Fsp3) is 0.350. The van der Waals surface area contributed by atoms with E-state index in [2.05, 4.69) is 5.32 Å². The first-order valence-corrected chi connectivity index (χ1v) is 8.55. The number of nitrogens with one attached hydrogen (secondary N) is 1. The van der Waals surface area contributed by atoms with Crippen LogP contribution in [0.4, 0.5) is 0 Å². The minimum atomic E-state index is 0.0218. The van der Waals surface area contributed by atoms with Gasteiger partial charge in [-0.05, 0) is 41.7 Å². The van der Waals surface area contributed by atoms with Crippen LogP contribution in [0.1, 0.15) is 23.5 Å². The van der Waals surface area contributed by atoms with Crippen molar-refractivity contribution in [3.05, 3.63) is 53.6 Å². The Morgan fingerprint density at radius 1 is 1.16 bits per heavy atom. The van der Waals surface area contributed by atoms with Crippen LogP contribution in [-0.4, -0.2) is 26.2 Å². The van der Waals surface area contributed by atoms with Crippen molar-refractivity contribution in [3.63, 3.8) is 0 Å². The van der Waals surface area contributed by atoms with Crippen molar-refractivity contribution < 1.29 is 19.0 Å². The van der Waals surface area contributed by atoms with Crippen LogP contribution < -0.4 is 19.5 Å². The highest BCUT2D eigenvalue weighted by molar-refractivity contribution is 5.83. The third kappa shape index (κ3) is 3.27. The maximum absolute atomic E-state index is 12.4. The average molecular weight is 339 g/mol. The molecule has 0 aromatic heterocycles. The van der Waals surface area contributed by atoms with Gasteiger partial charge in [-0.3, -0.25) is 4.79 Å². The van der Waals surface area contributed by atoms with Gasteiger partial charge >= 0.3 is 0 Å². The van der Waals surface area contributed by atoms with Crippen LogP contribution in [0.15, 0.2) is 42.5 Å². The predicted octanol–water partition coefficient (Wildman–Crippen LogP) is 2.89. The van der Waals surface area contributed by atoms with E-state index in [0.717, 1.165) is 34.8 Å². The number of ether oxygens (including phenoxy) is 3. The van der Waals surface area contributed by atoms with Crippen molar-refractivity contribution >= 4 is 5.91 Å². The SMILES string of the molecule is COc1ccccc1[C@@H]1C[C@H]1C(=O)NCc1ccc2c(c1)OCCO2. The molecule has 1 saturated carbocycles. The quantitative estimate of drug-likeness (QED) is 0.910. The maximum Gasteiger partial charge on any atom is 0.224 e. The summed E-state index contributed by atoms with van der Waals surface area (Å²) in [5.41, 5.74) is 2.12. The molecule has 130 valence electrons. The molecule has 2 atom stereocenters. The molecule has 1 N–H and O–H groups in total. The van der Waals surface area contributed by atoms with Gasteiger partial charge in [0.25, 0.3) is 0 Å². The van der Waals surface area contributed by atoms with Gasteiger partial charge in [-0.25, -0.2) is 0 Å². The summed E-state index contributed by atoms with van der Waals surface area (Å²) in [6, 6.07) is 13.7. The number of rotatable bonds is 5. The molecule has 0 radical (unpaired) electrons. The lowest BCUT2D eigenvalue weighted by Crippen LogP contribution is -2.25. The van der Waals surface area contributed by atoms with Gasteiger partial charge in [0.05, 0.1) is 7.11 Å². The fourth-order valence-electron chi connectivity index (χ4n) is 3.32. The highest BCUT2D eigenvalue weighted by atomic mass is 16.6. The molecule has 4 rings (SSSR count). The molecule has 5 nitrogen and oxygen atoms in total. The molecule has 0 spiro atoms. The topological polar surface area (TPSA) is 56.8 Å². The summed E-state index contributed by atoms with van der Waals surface area (Å²) in [7, 11) is 1.66. The number of hydrogen-bond donors (Lipinski definition) is 1. The number of methoxy groups -OCH3 is 1. The van der Waals surface area contributed by atoms with Crippen molar-refractivity contribution in [1.82, 2.24) is 5.32 Å². The van der Waals surface area contributed by atoms with Crippen molar-refractivity contribution in [2.24, 2.45) is 5.92 Å². The Morgan fingerprint density at radius 2 is 1.96 bits per heavy atom. The zero-order valence-corrected chi connectivity index (χ0v) is 14.2. The molecule has 1 aliphatic carbocycles. The van der Waals surface area contributed by atoms with Gasteiger partial charge in [-0.2, -0.15) is 0 Å². The minimum Gasteiger partial charge on any atom is -0.496 e. The van der Waals surface area contributed by atoms with E-state index in [1.54, 1.807) is 7.11 Å². The molecule has 1 amide bonds. The van der Waals surface area contributed by atoms with Gasteiger partial charge in [0.1, 0.15) is 19.0 Å². The smallest absolute Gasteiger partial charge is 0.224 e. The lowest BCUT2D eigenvalue weighted by molar-refractivity contribution is -0.122. The highest BCUT2D eigenvalue weighted by Crippen LogP contribution is 2.50. The van der Waals surface area contributed by atoms with Crippen LogP contribution in [0.25, 0.3) is 0 Å². The fourth-order valence-corrected chi connectivity index (χ4v) is 3.32. The molecule has 0 saturated heterocycles. The Kier molecular flexibility index (Phi) is 4.22. The Balaban J connectivity index is 1.36. The summed E-state index contributed by atoms with van der Waals surface area (Å²) in [5.74, 6) is 2.72. The van der Waals surface area contributed by atoms with Gasteiger partial charge in [-0.1, -0.05) is 24.3 Å². The number of carbonyl (C=O) groups is 1. The van der Waals surface area contributed by atoms with E-state index in [1.165, 1.54) is 0 Å². The second-order valence-electron chi connectivity index (χ2n) is 6.39. The molecule has 2 aromatic carbocycles. The minimum absolute atomic E-state index is 0.0218. The number of fused-ring (bicyclic) bond motifs is 1. The summed E-state index contributed by atoms with van der Waals surface area (Å²) in [6.45, 7) is 1.63. The summed E-state index contributed by atoms with van der Waals surface area (Å²) < 4.78 is 16.5. The van der Waals surface area contributed by atoms with E-state index < -0.39 is 0 Å². The van der Waals surface area contributed by atoms with E-state index in [-0.39, 0.29) is 17.7 Å². The van der Waals surface area contributed by atoms with Crippen molar-refractivity contribution in [1.29, 1.82) is 0 Å². The van der Waals surface area contributed by atoms with E-state index >= 15 is 0 Å². The zero-order chi connectivity index (χ0) is 17.2. The van der Waals surface area contributed by atoms with Crippen molar-refractivity contribution in [2.45, 2.75) is 18.9 Å². The standard InChI is InChI=1S/C20H21NO4/c1-23-17-5-3-2-4-14(17)15-11-16(15)20(22)21-12-13-6-7-18-19(10-13)25-9-8-24-18/h2-7,10,15-16H,8-9,11-12H2,1H3,(H,21,22)/t15-,16+/m0/s1. The normalized spacial score (nSPS) is 20.7. The van der Waals surface area contributed by atoms with E-state index in [9.17, 15) is 4.79 Å². The van der Waals surface area contributed by atoms with Crippen LogP contribution in [0, 0.1) is 5.92 Å². The molecule has 2 aromatic rings. The predicted molar refractivity (Wildman–Crippen MR) is 93.1 cm³/mol. The van der Waals surface area contributed by atoms with E-state index in [1.807, 2.05) is 42.5 Å². The van der Waals surface area contributed by atoms with Crippen molar-refractivity contribution in [3.8, 4) is 17.2 Å². The lowest BCUT2D eigenvalue weighted by atomic mass is 10.1. The number of amides is 1. The number of para-hydroxylation sites is 1. The maximum atomic E-state index is 12.4. The second kappa shape index (κ2) is 6.67. The Hall–Kier alpha value is -2.69. The molecule has 1 heterocycles. The largest absolute Gasteiger partial charge is 0.496 e. The van der Waals surface area contributed by atoms with Gasteiger partial charge in [0.15, 0.2) is 11.5 Å². The number of benzene rings is 2. The molecule has 0 bridgehead atoms. The summed E-state index contributed by atoms with van der Waals surface area (Å²) in [4.78, 5) is 12.4. The Bertz CT molecular complexity index is 789. The number of carbonyl (C=O) groups excluding carboxylic acids is 1. The monoisotopic (exact) mass is 339 g/mol. The summed E-state index contributed by atoms with van der Waals surface area (Å²) in [5, 5.41) is 3.03. The van der Waals surface area contributed by atoms with Gasteiger partial charge in [0.2, 0.25) is 5.91 Å². The molecule has 5 heteroatoms. The van der Waals surface area contributed by atoms with Crippen LogP contribution in [0.5, 0.6) is 17.2 Å². The highest BCUT2D eigenvalue weighted by Gasteiger charge is 2.45. The molecule has 2 aliphatic rings. The van der Waals surface area contributed by atoms with Gasteiger partial charge in [-0.15, -0.1) is 0 Å². The molecular formula is C20H21NO4. The van der Waals surface area contributed by atoms with Crippen molar-refractivity contribution in [2.75, 3.05) is 20.3 Å². The Labute approximate surface area is 146 Å². The van der Waals surface area contributed by atoms with Crippen LogP contribution >= 0.6 is 0 Å². The second-order valence-corrected chi connectivity index (χ2v) is 6.39. The number of hydrogen-bond acceptors (Lipinski definition) is 4. The van der Waals surface area contributed by atoms with E-state index in [0.29, 0.717) is 19.8 Å². The first-order chi connectivity index (χ1) is 12.3. The molecule has 1 aliphatic heterocycles. The van der Waals surface area contributed by atoms with Crippen LogP contribution in [0.3, 0.4) is 0 Å². The molecular weight excluding hydrogens is 318 g/mol. The molecule has 0 unspecified atom stereocenters. The molecule has 25 heavy (non-hydrogen) atoms.